The number of hydrogen-bond acceptors (Lipinski definition) is 3. The highest BCUT2D eigenvalue weighted by Gasteiger charge is 2.00. The Morgan fingerprint density at radius 3 is 2.86 bits per heavy atom. The number of aromatic nitrogens is 1. The molecule has 0 aromatic carbocycles. The maximum atomic E-state index is 11.2. The van der Waals surface area contributed by atoms with Gasteiger partial charge in [-0.2, -0.15) is 0 Å². The van der Waals surface area contributed by atoms with Crippen molar-refractivity contribution in [1.29, 1.82) is 0 Å². The number of nitrogens with one attached hydrogen (secondary N) is 1. The Hall–Kier alpha value is -1.03. The van der Waals surface area contributed by atoms with Crippen LogP contribution in [-0.2, 0) is 4.79 Å². The summed E-state index contributed by atoms with van der Waals surface area (Å²) < 4.78 is 0. The van der Waals surface area contributed by atoms with E-state index in [-0.39, 0.29) is 5.91 Å². The first kappa shape index (κ1) is 11.0. The number of hydrogen-bond donors (Lipinski definition) is 1. The van der Waals surface area contributed by atoms with Crippen molar-refractivity contribution in [1.82, 2.24) is 4.98 Å². The van der Waals surface area contributed by atoms with E-state index in [1.165, 1.54) is 0 Å². The molecule has 0 spiro atoms. The molecule has 0 aliphatic rings. The maximum absolute atomic E-state index is 11.2. The zero-order valence-corrected chi connectivity index (χ0v) is 9.23. The van der Waals surface area contributed by atoms with E-state index in [1.54, 1.807) is 18.0 Å². The fourth-order valence-electron chi connectivity index (χ4n) is 1.01. The highest BCUT2D eigenvalue weighted by Crippen LogP contribution is 2.14. The lowest BCUT2D eigenvalue weighted by molar-refractivity contribution is -0.116. The predicted octanol–water partition coefficient (Wildman–Crippen LogP) is 2.54. The van der Waals surface area contributed by atoms with Crippen LogP contribution in [0.15, 0.2) is 23.2 Å². The highest BCUT2D eigenvalue weighted by molar-refractivity contribution is 7.98. The molecule has 1 rings (SSSR count). The van der Waals surface area contributed by atoms with Crippen molar-refractivity contribution >= 4 is 23.5 Å². The summed E-state index contributed by atoms with van der Waals surface area (Å²) in [6.45, 7) is 1.98. The zero-order chi connectivity index (χ0) is 10.4. The molecular weight excluding hydrogens is 196 g/mol. The number of nitrogens with zero attached hydrogens (tertiary/aromatic N) is 1. The number of pyridine rings is 1. The lowest BCUT2D eigenvalue weighted by Crippen LogP contribution is -2.11. The van der Waals surface area contributed by atoms with E-state index in [9.17, 15) is 4.79 Å². The fraction of sp³-hybridized carbons (Fsp3) is 0.400. The molecule has 1 aromatic rings. The van der Waals surface area contributed by atoms with Crippen molar-refractivity contribution in [2.24, 2.45) is 0 Å². The molecule has 0 aliphatic heterocycles. The summed E-state index contributed by atoms with van der Waals surface area (Å²) in [6.07, 6.45) is 5.15. The van der Waals surface area contributed by atoms with Crippen LogP contribution in [0.25, 0.3) is 0 Å². The third-order valence-electron chi connectivity index (χ3n) is 1.72. The van der Waals surface area contributed by atoms with Crippen LogP contribution in [0.3, 0.4) is 0 Å². The van der Waals surface area contributed by atoms with E-state index in [0.717, 1.165) is 11.3 Å². The molecule has 14 heavy (non-hydrogen) atoms. The largest absolute Gasteiger partial charge is 0.311 e. The van der Waals surface area contributed by atoms with E-state index in [4.69, 9.17) is 0 Å². The molecule has 0 saturated heterocycles. The second-order valence-electron chi connectivity index (χ2n) is 2.88. The van der Waals surface area contributed by atoms with Gasteiger partial charge in [0.1, 0.15) is 5.82 Å². The minimum absolute atomic E-state index is 0.0249. The van der Waals surface area contributed by atoms with Crippen molar-refractivity contribution in [2.75, 3.05) is 11.6 Å². The predicted molar refractivity (Wildman–Crippen MR) is 59.6 cm³/mol. The molecule has 0 radical (unpaired) electrons. The van der Waals surface area contributed by atoms with Gasteiger partial charge in [-0.1, -0.05) is 6.92 Å². The molecule has 76 valence electrons. The quantitative estimate of drug-likeness (QED) is 0.776. The molecule has 0 fully saturated rings. The van der Waals surface area contributed by atoms with Crippen LogP contribution in [-0.4, -0.2) is 17.1 Å². The fourth-order valence-corrected chi connectivity index (χ4v) is 1.37. The van der Waals surface area contributed by atoms with E-state index in [0.29, 0.717) is 12.2 Å². The van der Waals surface area contributed by atoms with Crippen molar-refractivity contribution in [3.05, 3.63) is 18.3 Å². The van der Waals surface area contributed by atoms with E-state index in [2.05, 4.69) is 10.3 Å². The first-order valence-corrected chi connectivity index (χ1v) is 5.78. The van der Waals surface area contributed by atoms with Gasteiger partial charge in [-0.05, 0) is 24.8 Å². The summed E-state index contributed by atoms with van der Waals surface area (Å²) in [4.78, 5) is 16.4. The van der Waals surface area contributed by atoms with Crippen LogP contribution >= 0.6 is 11.8 Å². The molecule has 3 nitrogen and oxygen atoms in total. The first-order chi connectivity index (χ1) is 6.76. The van der Waals surface area contributed by atoms with E-state index >= 15 is 0 Å². The van der Waals surface area contributed by atoms with Crippen LogP contribution in [0, 0.1) is 0 Å². The Labute approximate surface area is 88.3 Å². The number of anilines is 1. The number of carbonyl (C=O) groups excluding carboxylic acids is 1. The van der Waals surface area contributed by atoms with Gasteiger partial charge in [-0.25, -0.2) is 4.98 Å². The standard InChI is InChI=1S/C10H14N2OS/c1-3-4-10(13)12-9-6-5-8(14-2)7-11-9/h5-7H,3-4H2,1-2H3,(H,11,12,13). The maximum Gasteiger partial charge on any atom is 0.225 e. The normalized spacial score (nSPS) is 9.86. The van der Waals surface area contributed by atoms with Crippen molar-refractivity contribution in [3.8, 4) is 0 Å². The van der Waals surface area contributed by atoms with Gasteiger partial charge in [0, 0.05) is 17.5 Å². The van der Waals surface area contributed by atoms with Crippen LogP contribution in [0.5, 0.6) is 0 Å². The average Bonchev–Trinajstić information content (AvgIpc) is 2.19. The van der Waals surface area contributed by atoms with Crippen LogP contribution in [0.4, 0.5) is 5.82 Å². The second kappa shape index (κ2) is 5.65. The summed E-state index contributed by atoms with van der Waals surface area (Å²) in [7, 11) is 0. The molecule has 1 aromatic heterocycles. The Morgan fingerprint density at radius 1 is 1.57 bits per heavy atom. The smallest absolute Gasteiger partial charge is 0.225 e. The lowest BCUT2D eigenvalue weighted by atomic mass is 10.3. The van der Waals surface area contributed by atoms with Gasteiger partial charge in [0.05, 0.1) is 0 Å². The average molecular weight is 210 g/mol. The lowest BCUT2D eigenvalue weighted by Gasteiger charge is -2.03. The minimum atomic E-state index is 0.0249. The Bertz CT molecular complexity index is 297. The van der Waals surface area contributed by atoms with Crippen molar-refractivity contribution < 1.29 is 4.79 Å². The number of carbonyl (C=O) groups is 1. The van der Waals surface area contributed by atoms with Crippen LogP contribution in [0.1, 0.15) is 19.8 Å². The summed E-state index contributed by atoms with van der Waals surface area (Å²) in [6, 6.07) is 3.76. The summed E-state index contributed by atoms with van der Waals surface area (Å²) >= 11 is 1.63. The van der Waals surface area contributed by atoms with E-state index < -0.39 is 0 Å². The molecule has 0 atom stereocenters. The molecule has 0 saturated carbocycles. The van der Waals surface area contributed by atoms with Crippen molar-refractivity contribution in [3.63, 3.8) is 0 Å². The van der Waals surface area contributed by atoms with Gasteiger partial charge in [-0.3, -0.25) is 4.79 Å². The number of rotatable bonds is 4. The third-order valence-corrected chi connectivity index (χ3v) is 2.43. The van der Waals surface area contributed by atoms with Crippen LogP contribution in [0.2, 0.25) is 0 Å². The van der Waals surface area contributed by atoms with Gasteiger partial charge < -0.3 is 5.32 Å². The summed E-state index contributed by atoms with van der Waals surface area (Å²) in [5.41, 5.74) is 0. The van der Waals surface area contributed by atoms with Gasteiger partial charge in [0.25, 0.3) is 0 Å². The molecule has 1 N–H and O–H groups in total. The minimum Gasteiger partial charge on any atom is -0.311 e. The van der Waals surface area contributed by atoms with Gasteiger partial charge in [0.15, 0.2) is 0 Å². The Kier molecular flexibility index (Phi) is 4.46. The molecule has 1 heterocycles. The summed E-state index contributed by atoms with van der Waals surface area (Å²) in [5.74, 6) is 0.651. The molecule has 0 unspecified atom stereocenters. The number of thioether (sulfide) groups is 1. The monoisotopic (exact) mass is 210 g/mol. The summed E-state index contributed by atoms with van der Waals surface area (Å²) in [5, 5.41) is 2.73. The molecule has 0 bridgehead atoms. The van der Waals surface area contributed by atoms with Gasteiger partial charge in [-0.15, -0.1) is 11.8 Å². The van der Waals surface area contributed by atoms with Gasteiger partial charge in [0.2, 0.25) is 5.91 Å². The third kappa shape index (κ3) is 3.38. The number of amides is 1. The van der Waals surface area contributed by atoms with Gasteiger partial charge >= 0.3 is 0 Å². The SMILES string of the molecule is CCCC(=O)Nc1ccc(SC)cn1. The topological polar surface area (TPSA) is 42.0 Å². The van der Waals surface area contributed by atoms with E-state index in [1.807, 2.05) is 25.3 Å². The Balaban J connectivity index is 2.55. The van der Waals surface area contributed by atoms with Crippen LogP contribution < -0.4 is 5.32 Å². The molecular formula is C10H14N2OS. The van der Waals surface area contributed by atoms with Crippen molar-refractivity contribution in [2.45, 2.75) is 24.7 Å². The Morgan fingerprint density at radius 2 is 2.36 bits per heavy atom. The molecule has 1 amide bonds. The first-order valence-electron chi connectivity index (χ1n) is 4.56. The highest BCUT2D eigenvalue weighted by atomic mass is 32.2. The second-order valence-corrected chi connectivity index (χ2v) is 3.76. The zero-order valence-electron chi connectivity index (χ0n) is 8.41. The molecule has 4 heteroatoms. The molecule has 0 aliphatic carbocycles.